The summed E-state index contributed by atoms with van der Waals surface area (Å²) in [6.07, 6.45) is -2.17. The molecule has 1 aromatic rings. The smallest absolute Gasteiger partial charge is 0.407 e. The van der Waals surface area contributed by atoms with Crippen molar-refractivity contribution in [1.82, 2.24) is 10.2 Å². The number of carboxylic acid groups (broad SMARTS) is 1. The summed E-state index contributed by atoms with van der Waals surface area (Å²) in [5.74, 6) is 0. The van der Waals surface area contributed by atoms with Crippen LogP contribution < -0.4 is 5.32 Å². The molecule has 156 valence electrons. The van der Waals surface area contributed by atoms with Crippen molar-refractivity contribution >= 4 is 22.3 Å². The fourth-order valence-corrected chi connectivity index (χ4v) is 4.04. The number of alkyl carbamates (subject to hydrolysis) is 1. The SMILES string of the molecule is CC(C)(C)C1[C@H](NC(=O)OCc2ccccc2)[C@@H](OS(C)(=O)=O)CN1C(=O)O. The zero-order valence-electron chi connectivity index (χ0n) is 16.3. The van der Waals surface area contributed by atoms with Crippen LogP contribution in [0.5, 0.6) is 0 Å². The lowest BCUT2D eigenvalue weighted by molar-refractivity contribution is 0.0893. The normalized spacial score (nSPS) is 22.7. The highest BCUT2D eigenvalue weighted by atomic mass is 32.2. The van der Waals surface area contributed by atoms with E-state index >= 15 is 0 Å². The third-order valence-electron chi connectivity index (χ3n) is 4.38. The molecule has 1 unspecified atom stereocenters. The van der Waals surface area contributed by atoms with Gasteiger partial charge in [-0.1, -0.05) is 51.1 Å². The van der Waals surface area contributed by atoms with Crippen molar-refractivity contribution in [2.45, 2.75) is 45.6 Å². The lowest BCUT2D eigenvalue weighted by Gasteiger charge is -2.37. The van der Waals surface area contributed by atoms with Crippen molar-refractivity contribution in [2.75, 3.05) is 12.8 Å². The molecule has 1 heterocycles. The molecule has 0 spiro atoms. The molecule has 10 heteroatoms. The summed E-state index contributed by atoms with van der Waals surface area (Å²) in [6, 6.07) is 7.44. The van der Waals surface area contributed by atoms with Gasteiger partial charge in [0.1, 0.15) is 12.7 Å². The van der Waals surface area contributed by atoms with E-state index in [1.165, 1.54) is 0 Å². The van der Waals surface area contributed by atoms with E-state index in [0.717, 1.165) is 16.7 Å². The van der Waals surface area contributed by atoms with Gasteiger partial charge in [-0.2, -0.15) is 8.42 Å². The molecule has 2 rings (SSSR count). The first-order chi connectivity index (χ1) is 12.9. The summed E-state index contributed by atoms with van der Waals surface area (Å²) < 4.78 is 33.5. The molecule has 0 bridgehead atoms. The van der Waals surface area contributed by atoms with Crippen molar-refractivity contribution < 1.29 is 32.0 Å². The number of nitrogens with zero attached hydrogens (tertiary/aromatic N) is 1. The summed E-state index contributed by atoms with van der Waals surface area (Å²) in [5, 5.41) is 12.2. The number of carbonyl (C=O) groups is 2. The Kier molecular flexibility index (Phi) is 6.56. The molecule has 1 aromatic carbocycles. The van der Waals surface area contributed by atoms with Crippen molar-refractivity contribution in [2.24, 2.45) is 5.41 Å². The van der Waals surface area contributed by atoms with E-state index in [0.29, 0.717) is 0 Å². The molecule has 0 radical (unpaired) electrons. The maximum Gasteiger partial charge on any atom is 0.407 e. The fourth-order valence-electron chi connectivity index (χ4n) is 3.41. The first-order valence-electron chi connectivity index (χ1n) is 8.73. The van der Waals surface area contributed by atoms with Crippen molar-refractivity contribution in [3.63, 3.8) is 0 Å². The van der Waals surface area contributed by atoms with Crippen molar-refractivity contribution in [1.29, 1.82) is 0 Å². The molecule has 2 amide bonds. The van der Waals surface area contributed by atoms with E-state index in [4.69, 9.17) is 8.92 Å². The monoisotopic (exact) mass is 414 g/mol. The molecule has 1 fully saturated rings. The minimum Gasteiger partial charge on any atom is -0.465 e. The van der Waals surface area contributed by atoms with Crippen LogP contribution in [0.25, 0.3) is 0 Å². The van der Waals surface area contributed by atoms with Crippen LogP contribution in [0.1, 0.15) is 26.3 Å². The van der Waals surface area contributed by atoms with Crippen molar-refractivity contribution in [3.05, 3.63) is 35.9 Å². The number of rotatable bonds is 5. The summed E-state index contributed by atoms with van der Waals surface area (Å²) in [6.45, 7) is 5.26. The van der Waals surface area contributed by atoms with E-state index in [9.17, 15) is 23.1 Å². The zero-order valence-corrected chi connectivity index (χ0v) is 17.1. The molecule has 9 nitrogen and oxygen atoms in total. The number of likely N-dealkylation sites (tertiary alicyclic amines) is 1. The zero-order chi connectivity index (χ0) is 21.1. The Morgan fingerprint density at radius 2 is 1.86 bits per heavy atom. The number of nitrogens with one attached hydrogen (secondary N) is 1. The van der Waals surface area contributed by atoms with Crippen LogP contribution >= 0.6 is 0 Å². The summed E-state index contributed by atoms with van der Waals surface area (Å²) >= 11 is 0. The number of carbonyl (C=O) groups excluding carboxylic acids is 1. The predicted octanol–water partition coefficient (Wildman–Crippen LogP) is 2.03. The van der Waals surface area contributed by atoms with Gasteiger partial charge in [-0.05, 0) is 11.0 Å². The van der Waals surface area contributed by atoms with E-state index < -0.39 is 45.9 Å². The van der Waals surface area contributed by atoms with Gasteiger partial charge in [-0.3, -0.25) is 9.08 Å². The van der Waals surface area contributed by atoms with Crippen LogP contribution in [0.2, 0.25) is 0 Å². The highest BCUT2D eigenvalue weighted by molar-refractivity contribution is 7.86. The van der Waals surface area contributed by atoms with Gasteiger partial charge in [0.2, 0.25) is 0 Å². The second kappa shape index (κ2) is 8.36. The molecule has 0 saturated carbocycles. The second-order valence-corrected chi connectivity index (χ2v) is 9.42. The number of benzene rings is 1. The molecule has 28 heavy (non-hydrogen) atoms. The standard InChI is InChI=1S/C18H26N2O7S/c1-18(2,3)15-14(13(27-28(4,24)25)10-20(15)17(22)23)19-16(21)26-11-12-8-6-5-7-9-12/h5-9,13-15H,10-11H2,1-4H3,(H,19,21)(H,22,23)/t13-,14+,15?/m0/s1. The van der Waals surface area contributed by atoms with E-state index in [1.807, 2.05) is 18.2 Å². The number of hydrogen-bond acceptors (Lipinski definition) is 6. The first-order valence-corrected chi connectivity index (χ1v) is 10.5. The number of hydrogen-bond donors (Lipinski definition) is 2. The van der Waals surface area contributed by atoms with Gasteiger partial charge in [0.05, 0.1) is 24.9 Å². The Labute approximate surface area is 164 Å². The summed E-state index contributed by atoms with van der Waals surface area (Å²) in [5.41, 5.74) is 0.193. The molecule has 0 aromatic heterocycles. The molecular formula is C18H26N2O7S. The van der Waals surface area contributed by atoms with Crippen LogP contribution in [0.3, 0.4) is 0 Å². The topological polar surface area (TPSA) is 122 Å². The van der Waals surface area contributed by atoms with Gasteiger partial charge >= 0.3 is 12.2 Å². The van der Waals surface area contributed by atoms with Crippen LogP contribution in [-0.4, -0.2) is 61.6 Å². The third-order valence-corrected chi connectivity index (χ3v) is 4.98. The Bertz CT molecular complexity index is 805. The Hall–Kier alpha value is -2.33. The van der Waals surface area contributed by atoms with Gasteiger partial charge in [-0.25, -0.2) is 9.59 Å². The van der Waals surface area contributed by atoms with Crippen LogP contribution in [0.4, 0.5) is 9.59 Å². The maximum atomic E-state index is 12.3. The second-order valence-electron chi connectivity index (χ2n) is 7.82. The molecular weight excluding hydrogens is 388 g/mol. The van der Waals surface area contributed by atoms with Crippen LogP contribution in [-0.2, 0) is 25.6 Å². The Morgan fingerprint density at radius 3 is 2.36 bits per heavy atom. The molecule has 1 aliphatic heterocycles. The average Bonchev–Trinajstić information content (AvgIpc) is 2.91. The van der Waals surface area contributed by atoms with E-state index in [-0.39, 0.29) is 13.2 Å². The van der Waals surface area contributed by atoms with Gasteiger partial charge in [0, 0.05) is 0 Å². The fraction of sp³-hybridized carbons (Fsp3) is 0.556. The number of ether oxygens (including phenoxy) is 1. The molecule has 3 atom stereocenters. The summed E-state index contributed by atoms with van der Waals surface area (Å²) in [7, 11) is -3.86. The highest BCUT2D eigenvalue weighted by Gasteiger charge is 2.51. The molecule has 0 aliphatic carbocycles. The lowest BCUT2D eigenvalue weighted by atomic mass is 9.82. The largest absolute Gasteiger partial charge is 0.465 e. The maximum absolute atomic E-state index is 12.3. The van der Waals surface area contributed by atoms with Gasteiger partial charge in [-0.15, -0.1) is 0 Å². The first kappa shape index (κ1) is 22.0. The third kappa shape index (κ3) is 5.83. The van der Waals surface area contributed by atoms with Gasteiger partial charge in [0.15, 0.2) is 0 Å². The van der Waals surface area contributed by atoms with E-state index in [2.05, 4.69) is 5.32 Å². The molecule has 1 saturated heterocycles. The average molecular weight is 414 g/mol. The van der Waals surface area contributed by atoms with Gasteiger partial charge in [0.25, 0.3) is 10.1 Å². The minimum absolute atomic E-state index is 0.0276. The molecule has 2 N–H and O–H groups in total. The molecule has 1 aliphatic rings. The lowest BCUT2D eigenvalue weighted by Crippen LogP contribution is -2.55. The van der Waals surface area contributed by atoms with Crippen LogP contribution in [0, 0.1) is 5.41 Å². The van der Waals surface area contributed by atoms with Crippen LogP contribution in [0.15, 0.2) is 30.3 Å². The quantitative estimate of drug-likeness (QED) is 0.707. The van der Waals surface area contributed by atoms with Crippen molar-refractivity contribution in [3.8, 4) is 0 Å². The summed E-state index contributed by atoms with van der Waals surface area (Å²) in [4.78, 5) is 25.1. The highest BCUT2D eigenvalue weighted by Crippen LogP contribution is 2.35. The predicted molar refractivity (Wildman–Crippen MR) is 101 cm³/mol. The van der Waals surface area contributed by atoms with Gasteiger partial charge < -0.3 is 15.2 Å². The Morgan fingerprint density at radius 1 is 1.25 bits per heavy atom. The Balaban J connectivity index is 2.20. The van der Waals surface area contributed by atoms with E-state index in [1.54, 1.807) is 32.9 Å². The minimum atomic E-state index is -3.86. The number of amides is 2.